The highest BCUT2D eigenvalue weighted by atomic mass is 16.5. The summed E-state index contributed by atoms with van der Waals surface area (Å²) in [5, 5.41) is 14.9. The summed E-state index contributed by atoms with van der Waals surface area (Å²) in [7, 11) is 1.46. The maximum absolute atomic E-state index is 13.0. The number of ether oxygens (including phenoxy) is 2. The van der Waals surface area contributed by atoms with Gasteiger partial charge in [-0.25, -0.2) is 4.79 Å². The Labute approximate surface area is 205 Å². The molecule has 2 aliphatic carbocycles. The lowest BCUT2D eigenvalue weighted by atomic mass is 9.85. The van der Waals surface area contributed by atoms with Crippen LogP contribution in [-0.4, -0.2) is 55.0 Å². The van der Waals surface area contributed by atoms with E-state index >= 15 is 0 Å². The summed E-state index contributed by atoms with van der Waals surface area (Å²) in [5.74, 6) is -1.82. The summed E-state index contributed by atoms with van der Waals surface area (Å²) in [5.41, 5.74) is 4.47. The number of carbonyl (C=O) groups is 3. The number of aliphatic carboxylic acids is 1. The maximum Gasteiger partial charge on any atom is 0.407 e. The van der Waals surface area contributed by atoms with Crippen molar-refractivity contribution in [1.82, 2.24) is 10.6 Å². The Kier molecular flexibility index (Phi) is 7.70. The van der Waals surface area contributed by atoms with E-state index in [1.807, 2.05) is 36.4 Å². The Hall–Kier alpha value is -3.39. The molecule has 0 bridgehead atoms. The average Bonchev–Trinajstić information content (AvgIpc) is 3.19. The molecule has 1 saturated carbocycles. The number of rotatable bonds is 8. The van der Waals surface area contributed by atoms with Crippen molar-refractivity contribution >= 4 is 18.0 Å². The highest BCUT2D eigenvalue weighted by Crippen LogP contribution is 2.44. The van der Waals surface area contributed by atoms with Crippen molar-refractivity contribution in [3.05, 3.63) is 59.7 Å². The van der Waals surface area contributed by atoms with E-state index in [1.165, 1.54) is 7.11 Å². The van der Waals surface area contributed by atoms with Gasteiger partial charge in [-0.3, -0.25) is 9.59 Å². The number of fused-ring (bicyclic) bond motifs is 3. The van der Waals surface area contributed by atoms with Gasteiger partial charge in [0, 0.05) is 19.1 Å². The molecule has 4 rings (SSSR count). The molecule has 0 heterocycles. The van der Waals surface area contributed by atoms with Gasteiger partial charge in [-0.15, -0.1) is 0 Å². The van der Waals surface area contributed by atoms with Gasteiger partial charge < -0.3 is 25.2 Å². The standard InChI is InChI=1S/C27H32N2O6/c1-16(34-2)24(25(30)28-18-9-7-8-17(14-18)26(31)32)29-27(33)35-15-23-21-12-5-3-10-19(21)20-11-4-6-13-22(20)23/h3-6,10-13,16-18,23-24H,7-9,14-15H2,1-2H3,(H,28,30)(H,29,33)(H,31,32)/t16-,17+,18-,24+/m1/s1. The van der Waals surface area contributed by atoms with Crippen LogP contribution in [0, 0.1) is 5.92 Å². The predicted molar refractivity (Wildman–Crippen MR) is 130 cm³/mol. The molecule has 8 heteroatoms. The maximum atomic E-state index is 13.0. The van der Waals surface area contributed by atoms with Crippen molar-refractivity contribution in [2.75, 3.05) is 13.7 Å². The molecule has 4 atom stereocenters. The number of carboxylic acids is 1. The quantitative estimate of drug-likeness (QED) is 0.531. The molecule has 2 aromatic carbocycles. The topological polar surface area (TPSA) is 114 Å². The molecule has 35 heavy (non-hydrogen) atoms. The average molecular weight is 481 g/mol. The third-order valence-electron chi connectivity index (χ3n) is 7.11. The first-order valence-electron chi connectivity index (χ1n) is 12.1. The van der Waals surface area contributed by atoms with Gasteiger partial charge >= 0.3 is 12.1 Å². The minimum atomic E-state index is -0.971. The van der Waals surface area contributed by atoms with Crippen LogP contribution in [0.15, 0.2) is 48.5 Å². The van der Waals surface area contributed by atoms with E-state index in [4.69, 9.17) is 9.47 Å². The Balaban J connectivity index is 1.39. The fraction of sp³-hybridized carbons (Fsp3) is 0.444. The molecule has 0 radical (unpaired) electrons. The van der Waals surface area contributed by atoms with Crippen LogP contribution in [0.5, 0.6) is 0 Å². The monoisotopic (exact) mass is 480 g/mol. The summed E-state index contributed by atoms with van der Waals surface area (Å²) in [4.78, 5) is 37.1. The highest BCUT2D eigenvalue weighted by molar-refractivity contribution is 5.86. The highest BCUT2D eigenvalue weighted by Gasteiger charge is 2.34. The number of alkyl carbamates (subject to hydrolysis) is 1. The Morgan fingerprint density at radius 1 is 1.03 bits per heavy atom. The van der Waals surface area contributed by atoms with E-state index in [0.717, 1.165) is 28.7 Å². The van der Waals surface area contributed by atoms with E-state index in [1.54, 1.807) is 6.92 Å². The van der Waals surface area contributed by atoms with Gasteiger partial charge in [0.1, 0.15) is 12.6 Å². The van der Waals surface area contributed by atoms with Crippen molar-refractivity contribution < 1.29 is 29.0 Å². The first-order valence-corrected chi connectivity index (χ1v) is 12.1. The van der Waals surface area contributed by atoms with Crippen molar-refractivity contribution in [2.45, 2.75) is 56.7 Å². The smallest absolute Gasteiger partial charge is 0.407 e. The minimum absolute atomic E-state index is 0.0875. The molecule has 0 spiro atoms. The van der Waals surface area contributed by atoms with Gasteiger partial charge in [0.15, 0.2) is 0 Å². The Morgan fingerprint density at radius 3 is 2.26 bits per heavy atom. The second-order valence-electron chi connectivity index (χ2n) is 9.30. The zero-order valence-corrected chi connectivity index (χ0v) is 20.0. The van der Waals surface area contributed by atoms with Crippen LogP contribution in [0.25, 0.3) is 11.1 Å². The van der Waals surface area contributed by atoms with Crippen molar-refractivity contribution in [1.29, 1.82) is 0 Å². The largest absolute Gasteiger partial charge is 0.481 e. The van der Waals surface area contributed by atoms with Crippen LogP contribution in [0.4, 0.5) is 4.79 Å². The van der Waals surface area contributed by atoms with Crippen molar-refractivity contribution in [3.63, 3.8) is 0 Å². The zero-order chi connectivity index (χ0) is 24.9. The molecule has 2 amide bonds. The lowest BCUT2D eigenvalue weighted by molar-refractivity contribution is -0.143. The van der Waals surface area contributed by atoms with Crippen LogP contribution in [0.3, 0.4) is 0 Å². The molecule has 2 aromatic rings. The number of nitrogens with one attached hydrogen (secondary N) is 2. The number of hydrogen-bond donors (Lipinski definition) is 3. The summed E-state index contributed by atoms with van der Waals surface area (Å²) >= 11 is 0. The minimum Gasteiger partial charge on any atom is -0.481 e. The van der Waals surface area contributed by atoms with E-state index in [-0.39, 0.29) is 18.6 Å². The number of carboxylic acid groups (broad SMARTS) is 1. The van der Waals surface area contributed by atoms with Gasteiger partial charge in [0.2, 0.25) is 5.91 Å². The fourth-order valence-electron chi connectivity index (χ4n) is 5.14. The molecule has 0 unspecified atom stereocenters. The van der Waals surface area contributed by atoms with Crippen LogP contribution < -0.4 is 10.6 Å². The summed E-state index contributed by atoms with van der Waals surface area (Å²) < 4.78 is 10.9. The van der Waals surface area contributed by atoms with Gasteiger partial charge in [0.25, 0.3) is 0 Å². The molecule has 0 aliphatic heterocycles. The molecule has 3 N–H and O–H groups in total. The molecule has 0 aromatic heterocycles. The summed E-state index contributed by atoms with van der Waals surface area (Å²) in [6.45, 7) is 1.83. The summed E-state index contributed by atoms with van der Waals surface area (Å²) in [6.07, 6.45) is 1.11. The van der Waals surface area contributed by atoms with E-state index in [2.05, 4.69) is 22.8 Å². The third kappa shape index (κ3) is 5.48. The van der Waals surface area contributed by atoms with Gasteiger partial charge in [-0.1, -0.05) is 55.0 Å². The second kappa shape index (κ2) is 10.9. The number of methoxy groups -OCH3 is 1. The molecule has 2 aliphatic rings. The lowest BCUT2D eigenvalue weighted by Crippen LogP contribution is -2.55. The number of hydrogen-bond acceptors (Lipinski definition) is 5. The van der Waals surface area contributed by atoms with Crippen molar-refractivity contribution in [3.8, 4) is 11.1 Å². The SMILES string of the molecule is CO[C@H](C)[C@H](NC(=O)OCC1c2ccccc2-c2ccccc21)C(=O)N[C@@H]1CCC[C@H](C(=O)O)C1. The Morgan fingerprint density at radius 2 is 1.66 bits per heavy atom. The first-order chi connectivity index (χ1) is 16.9. The zero-order valence-electron chi connectivity index (χ0n) is 20.0. The second-order valence-corrected chi connectivity index (χ2v) is 9.30. The number of carbonyl (C=O) groups excluding carboxylic acids is 2. The summed E-state index contributed by atoms with van der Waals surface area (Å²) in [6, 6.07) is 14.9. The van der Waals surface area contributed by atoms with Crippen molar-refractivity contribution in [2.24, 2.45) is 5.92 Å². The van der Waals surface area contributed by atoms with E-state index in [9.17, 15) is 19.5 Å². The van der Waals surface area contributed by atoms with Gasteiger partial charge in [-0.05, 0) is 48.4 Å². The first kappa shape index (κ1) is 24.7. The molecule has 1 fully saturated rings. The molecule has 186 valence electrons. The normalized spacial score (nSPS) is 20.7. The fourth-order valence-corrected chi connectivity index (χ4v) is 5.14. The molecular formula is C27H32N2O6. The third-order valence-corrected chi connectivity index (χ3v) is 7.11. The van der Waals surface area contributed by atoms with Crippen LogP contribution in [0.2, 0.25) is 0 Å². The van der Waals surface area contributed by atoms with Gasteiger partial charge in [0.05, 0.1) is 12.0 Å². The van der Waals surface area contributed by atoms with E-state index < -0.39 is 36.0 Å². The molecular weight excluding hydrogens is 448 g/mol. The van der Waals surface area contributed by atoms with Crippen LogP contribution in [0.1, 0.15) is 49.7 Å². The predicted octanol–water partition coefficient (Wildman–Crippen LogP) is 3.69. The number of amides is 2. The van der Waals surface area contributed by atoms with Crippen LogP contribution >= 0.6 is 0 Å². The van der Waals surface area contributed by atoms with Gasteiger partial charge in [-0.2, -0.15) is 0 Å². The molecule has 8 nitrogen and oxygen atoms in total. The van der Waals surface area contributed by atoms with Crippen LogP contribution in [-0.2, 0) is 19.1 Å². The lowest BCUT2D eigenvalue weighted by Gasteiger charge is -2.30. The number of benzene rings is 2. The molecule has 0 saturated heterocycles. The van der Waals surface area contributed by atoms with E-state index in [0.29, 0.717) is 19.3 Å². The Bertz CT molecular complexity index is 1040.